The van der Waals surface area contributed by atoms with Crippen LogP contribution in [0.15, 0.2) is 12.1 Å². The summed E-state index contributed by atoms with van der Waals surface area (Å²) in [6.45, 7) is 0. The summed E-state index contributed by atoms with van der Waals surface area (Å²) >= 11 is 0. The standard InChI is InChI=1S/C12H12F3NO2/c13-9-6-5-8(10(14)11(9)15)12(17)16-18-7-3-1-2-4-7/h5-7H,1-4H2,(H,16,17). The molecule has 0 radical (unpaired) electrons. The van der Waals surface area contributed by atoms with Crippen LogP contribution in [-0.2, 0) is 4.84 Å². The van der Waals surface area contributed by atoms with Gasteiger partial charge in [-0.05, 0) is 25.0 Å². The highest BCUT2D eigenvalue weighted by molar-refractivity contribution is 5.93. The average molecular weight is 259 g/mol. The molecule has 0 saturated heterocycles. The van der Waals surface area contributed by atoms with Crippen LogP contribution < -0.4 is 5.48 Å². The minimum absolute atomic E-state index is 0.0951. The van der Waals surface area contributed by atoms with Gasteiger partial charge in [-0.1, -0.05) is 12.8 Å². The maximum absolute atomic E-state index is 13.3. The fourth-order valence-electron chi connectivity index (χ4n) is 1.90. The monoisotopic (exact) mass is 259 g/mol. The molecular formula is C12H12F3NO2. The van der Waals surface area contributed by atoms with E-state index in [-0.39, 0.29) is 6.10 Å². The molecule has 0 aliphatic heterocycles. The van der Waals surface area contributed by atoms with Gasteiger partial charge in [-0.3, -0.25) is 9.63 Å². The molecule has 1 aliphatic rings. The van der Waals surface area contributed by atoms with Crippen molar-refractivity contribution < 1.29 is 22.8 Å². The minimum atomic E-state index is -1.66. The molecule has 2 rings (SSSR count). The predicted molar refractivity (Wildman–Crippen MR) is 57.1 cm³/mol. The first-order chi connectivity index (χ1) is 8.59. The van der Waals surface area contributed by atoms with Crippen molar-refractivity contribution in [2.24, 2.45) is 0 Å². The number of carbonyl (C=O) groups is 1. The van der Waals surface area contributed by atoms with Gasteiger partial charge in [-0.25, -0.2) is 18.7 Å². The first-order valence-electron chi connectivity index (χ1n) is 5.69. The van der Waals surface area contributed by atoms with Crippen molar-refractivity contribution in [2.45, 2.75) is 31.8 Å². The van der Waals surface area contributed by atoms with E-state index in [9.17, 15) is 18.0 Å². The zero-order valence-electron chi connectivity index (χ0n) is 9.51. The number of hydrogen-bond donors (Lipinski definition) is 1. The highest BCUT2D eigenvalue weighted by Crippen LogP contribution is 2.20. The summed E-state index contributed by atoms with van der Waals surface area (Å²) in [4.78, 5) is 16.6. The third-order valence-electron chi connectivity index (χ3n) is 2.90. The molecular weight excluding hydrogens is 247 g/mol. The van der Waals surface area contributed by atoms with Crippen molar-refractivity contribution in [1.29, 1.82) is 0 Å². The van der Waals surface area contributed by atoms with E-state index in [1.807, 2.05) is 0 Å². The molecule has 0 bridgehead atoms. The molecule has 1 aromatic rings. The molecule has 3 nitrogen and oxygen atoms in total. The van der Waals surface area contributed by atoms with Crippen LogP contribution in [0.4, 0.5) is 13.2 Å². The molecule has 0 atom stereocenters. The Labute approximate surface area is 102 Å². The molecule has 0 aromatic heterocycles. The largest absolute Gasteiger partial charge is 0.277 e. The van der Waals surface area contributed by atoms with Crippen molar-refractivity contribution in [3.63, 3.8) is 0 Å². The van der Waals surface area contributed by atoms with Crippen molar-refractivity contribution in [2.75, 3.05) is 0 Å². The summed E-state index contributed by atoms with van der Waals surface area (Å²) in [6, 6.07) is 1.57. The normalized spacial score (nSPS) is 15.9. The van der Waals surface area contributed by atoms with Gasteiger partial charge in [0.2, 0.25) is 0 Å². The maximum Gasteiger partial charge on any atom is 0.277 e. The Morgan fingerprint density at radius 2 is 1.83 bits per heavy atom. The van der Waals surface area contributed by atoms with Gasteiger partial charge >= 0.3 is 0 Å². The second-order valence-electron chi connectivity index (χ2n) is 4.18. The van der Waals surface area contributed by atoms with E-state index in [0.29, 0.717) is 6.07 Å². The highest BCUT2D eigenvalue weighted by atomic mass is 19.2. The molecule has 98 valence electrons. The topological polar surface area (TPSA) is 38.3 Å². The first kappa shape index (κ1) is 12.9. The molecule has 6 heteroatoms. The number of halogens is 3. The van der Waals surface area contributed by atoms with Gasteiger partial charge in [0.05, 0.1) is 11.7 Å². The number of hydrogen-bond acceptors (Lipinski definition) is 2. The summed E-state index contributed by atoms with van der Waals surface area (Å²) < 4.78 is 38.9. The number of hydroxylamine groups is 1. The Bertz CT molecular complexity index is 459. The lowest BCUT2D eigenvalue weighted by Gasteiger charge is -2.11. The fourth-order valence-corrected chi connectivity index (χ4v) is 1.90. The lowest BCUT2D eigenvalue weighted by atomic mass is 10.2. The number of carbonyl (C=O) groups excluding carboxylic acids is 1. The van der Waals surface area contributed by atoms with Crippen LogP contribution in [0.25, 0.3) is 0 Å². The van der Waals surface area contributed by atoms with E-state index in [2.05, 4.69) is 5.48 Å². The lowest BCUT2D eigenvalue weighted by Crippen LogP contribution is -2.29. The smallest absolute Gasteiger partial charge is 0.270 e. The zero-order chi connectivity index (χ0) is 13.1. The molecule has 1 aliphatic carbocycles. The molecule has 1 amide bonds. The number of rotatable bonds is 3. The third kappa shape index (κ3) is 2.64. The summed E-state index contributed by atoms with van der Waals surface area (Å²) in [5, 5.41) is 0. The van der Waals surface area contributed by atoms with Gasteiger partial charge in [0.15, 0.2) is 17.5 Å². The lowest BCUT2D eigenvalue weighted by molar-refractivity contribution is -0.0127. The summed E-state index contributed by atoms with van der Waals surface area (Å²) in [5.41, 5.74) is 1.48. The van der Waals surface area contributed by atoms with Gasteiger partial charge in [-0.2, -0.15) is 0 Å². The third-order valence-corrected chi connectivity index (χ3v) is 2.90. The minimum Gasteiger partial charge on any atom is -0.270 e. The van der Waals surface area contributed by atoms with Crippen molar-refractivity contribution in [3.8, 4) is 0 Å². The van der Waals surface area contributed by atoms with Crippen LogP contribution in [-0.4, -0.2) is 12.0 Å². The number of benzene rings is 1. The van der Waals surface area contributed by atoms with Crippen LogP contribution in [0, 0.1) is 17.5 Å². The van der Waals surface area contributed by atoms with E-state index >= 15 is 0 Å². The van der Waals surface area contributed by atoms with Gasteiger partial charge in [0, 0.05) is 0 Å². The van der Waals surface area contributed by atoms with E-state index in [4.69, 9.17) is 4.84 Å². The van der Waals surface area contributed by atoms with Crippen LogP contribution in [0.3, 0.4) is 0 Å². The molecule has 0 unspecified atom stereocenters. The van der Waals surface area contributed by atoms with Crippen molar-refractivity contribution >= 4 is 5.91 Å². The maximum atomic E-state index is 13.3. The fraction of sp³-hybridized carbons (Fsp3) is 0.417. The second-order valence-corrected chi connectivity index (χ2v) is 4.18. The summed E-state index contributed by atoms with van der Waals surface area (Å²) in [5.74, 6) is -5.43. The predicted octanol–water partition coefficient (Wildman–Crippen LogP) is 2.71. The summed E-state index contributed by atoms with van der Waals surface area (Å²) in [6.07, 6.45) is 3.57. The molecule has 18 heavy (non-hydrogen) atoms. The van der Waals surface area contributed by atoms with Crippen molar-refractivity contribution in [1.82, 2.24) is 5.48 Å². The Balaban J connectivity index is 2.02. The van der Waals surface area contributed by atoms with Gasteiger partial charge in [-0.15, -0.1) is 0 Å². The van der Waals surface area contributed by atoms with E-state index in [1.165, 1.54) is 0 Å². The molecule has 1 aromatic carbocycles. The van der Waals surface area contributed by atoms with E-state index in [0.717, 1.165) is 31.7 Å². The van der Waals surface area contributed by atoms with E-state index in [1.54, 1.807) is 0 Å². The van der Waals surface area contributed by atoms with Crippen LogP contribution in [0.2, 0.25) is 0 Å². The highest BCUT2D eigenvalue weighted by Gasteiger charge is 2.21. The molecule has 1 N–H and O–H groups in total. The van der Waals surface area contributed by atoms with Crippen LogP contribution in [0.1, 0.15) is 36.0 Å². The quantitative estimate of drug-likeness (QED) is 0.669. The first-order valence-corrected chi connectivity index (χ1v) is 5.69. The van der Waals surface area contributed by atoms with Crippen LogP contribution >= 0.6 is 0 Å². The summed E-state index contributed by atoms with van der Waals surface area (Å²) in [7, 11) is 0. The Kier molecular flexibility index (Phi) is 3.86. The number of amides is 1. The molecule has 1 saturated carbocycles. The zero-order valence-corrected chi connectivity index (χ0v) is 9.51. The molecule has 0 spiro atoms. The van der Waals surface area contributed by atoms with Crippen LogP contribution in [0.5, 0.6) is 0 Å². The average Bonchev–Trinajstić information content (AvgIpc) is 2.86. The van der Waals surface area contributed by atoms with Gasteiger partial charge in [0.1, 0.15) is 0 Å². The Hall–Kier alpha value is -1.56. The Morgan fingerprint density at radius 1 is 1.17 bits per heavy atom. The Morgan fingerprint density at radius 3 is 2.50 bits per heavy atom. The number of nitrogens with one attached hydrogen (secondary N) is 1. The van der Waals surface area contributed by atoms with Gasteiger partial charge in [0.25, 0.3) is 5.91 Å². The molecule has 1 fully saturated rings. The second kappa shape index (κ2) is 5.39. The van der Waals surface area contributed by atoms with Gasteiger partial charge < -0.3 is 0 Å². The van der Waals surface area contributed by atoms with E-state index < -0.39 is 28.9 Å². The molecule has 0 heterocycles. The van der Waals surface area contributed by atoms with Crippen molar-refractivity contribution in [3.05, 3.63) is 35.1 Å². The SMILES string of the molecule is O=C(NOC1CCCC1)c1ccc(F)c(F)c1F.